The lowest BCUT2D eigenvalue weighted by Crippen LogP contribution is -2.32. The number of hydrogen-bond acceptors (Lipinski definition) is 6. The quantitative estimate of drug-likeness (QED) is 0.573. The van der Waals surface area contributed by atoms with Gasteiger partial charge >= 0.3 is 6.03 Å². The van der Waals surface area contributed by atoms with Crippen LogP contribution in [0.4, 0.5) is 10.5 Å². The fraction of sp³-hybridized carbons (Fsp3) is 0.300. The largest absolute Gasteiger partial charge is 0.507 e. The molecule has 148 valence electrons. The molecule has 0 spiro atoms. The smallest absolute Gasteiger partial charge is 0.342 e. The number of nitrogens with zero attached hydrogens (tertiary/aromatic N) is 3. The van der Waals surface area contributed by atoms with Gasteiger partial charge in [-0.2, -0.15) is 9.78 Å². The maximum Gasteiger partial charge on any atom is 0.342 e. The first-order valence-corrected chi connectivity index (χ1v) is 9.55. The monoisotopic (exact) mass is 393 g/mol. The average molecular weight is 393 g/mol. The number of amides is 2. The number of anilines is 1. The maximum absolute atomic E-state index is 12.6. The third kappa shape index (κ3) is 3.58. The third-order valence-corrected chi connectivity index (χ3v) is 5.02. The lowest BCUT2D eigenvalue weighted by atomic mass is 10.1. The van der Waals surface area contributed by atoms with Crippen molar-refractivity contribution >= 4 is 17.6 Å². The molecule has 2 aromatic heterocycles. The molecule has 9 nitrogen and oxygen atoms in total. The second-order valence-corrected chi connectivity index (χ2v) is 7.43. The molecular weight excluding hydrogens is 374 g/mol. The lowest BCUT2D eigenvalue weighted by Gasteiger charge is -2.07. The molecule has 2 amide bonds. The van der Waals surface area contributed by atoms with Crippen molar-refractivity contribution in [3.8, 4) is 17.0 Å². The van der Waals surface area contributed by atoms with Crippen molar-refractivity contribution in [1.82, 2.24) is 20.3 Å². The van der Waals surface area contributed by atoms with Gasteiger partial charge in [-0.3, -0.25) is 4.79 Å². The number of aromatic nitrogens is 3. The maximum atomic E-state index is 12.6. The topological polar surface area (TPSA) is 122 Å². The van der Waals surface area contributed by atoms with Crippen molar-refractivity contribution in [1.29, 1.82) is 0 Å². The number of rotatable bonds is 5. The Kier molecular flexibility index (Phi) is 4.08. The van der Waals surface area contributed by atoms with Gasteiger partial charge in [0.15, 0.2) is 0 Å². The third-order valence-electron chi connectivity index (χ3n) is 5.02. The Hall–Kier alpha value is -3.62. The fourth-order valence-corrected chi connectivity index (χ4v) is 3.17. The Labute approximate surface area is 165 Å². The van der Waals surface area contributed by atoms with E-state index in [0.29, 0.717) is 22.9 Å². The van der Waals surface area contributed by atoms with Crippen LogP contribution in [0, 0.1) is 0 Å². The minimum atomic E-state index is -0.452. The summed E-state index contributed by atoms with van der Waals surface area (Å²) >= 11 is 0. The Morgan fingerprint density at radius 3 is 2.66 bits per heavy atom. The zero-order valence-electron chi connectivity index (χ0n) is 15.5. The molecule has 2 aliphatic carbocycles. The normalized spacial score (nSPS) is 15.9. The molecule has 0 bridgehead atoms. The second-order valence-electron chi connectivity index (χ2n) is 7.43. The van der Waals surface area contributed by atoms with E-state index in [1.807, 2.05) is 6.07 Å². The van der Waals surface area contributed by atoms with Gasteiger partial charge in [0.1, 0.15) is 5.75 Å². The van der Waals surface area contributed by atoms with E-state index in [2.05, 4.69) is 20.9 Å². The predicted octanol–water partition coefficient (Wildman–Crippen LogP) is 3.09. The van der Waals surface area contributed by atoms with Gasteiger partial charge in [0.25, 0.3) is 5.91 Å². The van der Waals surface area contributed by atoms with E-state index in [0.717, 1.165) is 31.4 Å². The van der Waals surface area contributed by atoms with E-state index in [1.165, 1.54) is 23.0 Å². The first-order chi connectivity index (χ1) is 14.1. The average Bonchev–Trinajstić information content (AvgIpc) is 3.62. The highest BCUT2D eigenvalue weighted by atomic mass is 16.5. The van der Waals surface area contributed by atoms with E-state index in [4.69, 9.17) is 4.52 Å². The van der Waals surface area contributed by atoms with Gasteiger partial charge < -0.3 is 20.3 Å². The minimum Gasteiger partial charge on any atom is -0.507 e. The molecule has 2 saturated carbocycles. The number of phenols is 1. The van der Waals surface area contributed by atoms with Crippen LogP contribution in [-0.4, -0.2) is 38.0 Å². The van der Waals surface area contributed by atoms with Crippen LogP contribution >= 0.6 is 0 Å². The van der Waals surface area contributed by atoms with E-state index in [-0.39, 0.29) is 23.6 Å². The molecule has 9 heteroatoms. The number of benzene rings is 1. The fourth-order valence-electron chi connectivity index (χ4n) is 3.17. The molecule has 2 heterocycles. The second kappa shape index (κ2) is 6.77. The highest BCUT2D eigenvalue weighted by molar-refractivity contribution is 6.02. The minimum absolute atomic E-state index is 0.0114. The van der Waals surface area contributed by atoms with Gasteiger partial charge in [0.2, 0.25) is 5.76 Å². The molecule has 0 unspecified atom stereocenters. The summed E-state index contributed by atoms with van der Waals surface area (Å²) in [4.78, 5) is 24.8. The van der Waals surface area contributed by atoms with Crippen LogP contribution in [0.3, 0.4) is 0 Å². The first-order valence-electron chi connectivity index (χ1n) is 9.55. The number of aromatic hydroxyl groups is 1. The molecule has 3 aromatic rings. The van der Waals surface area contributed by atoms with Gasteiger partial charge in [0, 0.05) is 29.3 Å². The standard InChI is InChI=1S/C20H19N5O4/c26-17-6-5-13(22-19(27)18-7-8-21-29-18)9-14(17)15-10-16(11-1-2-11)25(24-15)20(28)23-12-3-4-12/h5-12,26H,1-4H2,(H,22,27)(H,23,28). The molecule has 0 radical (unpaired) electrons. The molecule has 1 aromatic carbocycles. The summed E-state index contributed by atoms with van der Waals surface area (Å²) in [7, 11) is 0. The molecule has 2 aliphatic rings. The van der Waals surface area contributed by atoms with E-state index in [1.54, 1.807) is 12.1 Å². The van der Waals surface area contributed by atoms with Gasteiger partial charge in [-0.25, -0.2) is 4.79 Å². The van der Waals surface area contributed by atoms with Gasteiger partial charge in [-0.1, -0.05) is 5.16 Å². The van der Waals surface area contributed by atoms with Crippen LogP contribution in [0.15, 0.2) is 41.1 Å². The summed E-state index contributed by atoms with van der Waals surface area (Å²) in [5.41, 5.74) is 2.21. The van der Waals surface area contributed by atoms with Crippen molar-refractivity contribution in [2.24, 2.45) is 0 Å². The Morgan fingerprint density at radius 1 is 1.14 bits per heavy atom. The predicted molar refractivity (Wildman–Crippen MR) is 103 cm³/mol. The van der Waals surface area contributed by atoms with Gasteiger partial charge in [0.05, 0.1) is 17.6 Å². The van der Waals surface area contributed by atoms with E-state index < -0.39 is 5.91 Å². The molecule has 0 atom stereocenters. The van der Waals surface area contributed by atoms with Crippen LogP contribution in [-0.2, 0) is 0 Å². The lowest BCUT2D eigenvalue weighted by molar-refractivity contribution is 0.0988. The highest BCUT2D eigenvalue weighted by Gasteiger charge is 2.32. The molecule has 29 heavy (non-hydrogen) atoms. The van der Waals surface area contributed by atoms with Gasteiger partial charge in [-0.15, -0.1) is 0 Å². The highest BCUT2D eigenvalue weighted by Crippen LogP contribution is 2.42. The number of hydrogen-bond donors (Lipinski definition) is 3. The van der Waals surface area contributed by atoms with Crippen molar-refractivity contribution in [3.05, 3.63) is 48.0 Å². The summed E-state index contributed by atoms with van der Waals surface area (Å²) in [6.45, 7) is 0. The van der Waals surface area contributed by atoms with Crippen LogP contribution in [0.2, 0.25) is 0 Å². The van der Waals surface area contributed by atoms with Gasteiger partial charge in [-0.05, 0) is 49.9 Å². The van der Waals surface area contributed by atoms with E-state index >= 15 is 0 Å². The zero-order chi connectivity index (χ0) is 20.0. The number of phenolic OH excluding ortho intramolecular Hbond substituents is 1. The van der Waals surface area contributed by atoms with Crippen molar-refractivity contribution in [2.75, 3.05) is 5.32 Å². The number of nitrogens with one attached hydrogen (secondary N) is 2. The molecule has 5 rings (SSSR count). The summed E-state index contributed by atoms with van der Waals surface area (Å²) in [5.74, 6) is -0.0567. The van der Waals surface area contributed by atoms with Crippen molar-refractivity contribution in [3.63, 3.8) is 0 Å². The molecule has 2 fully saturated rings. The van der Waals surface area contributed by atoms with Crippen LogP contribution in [0.25, 0.3) is 11.3 Å². The zero-order valence-corrected chi connectivity index (χ0v) is 15.5. The summed E-state index contributed by atoms with van der Waals surface area (Å²) in [6.07, 6.45) is 5.40. The van der Waals surface area contributed by atoms with Crippen LogP contribution in [0.5, 0.6) is 5.75 Å². The SMILES string of the molecule is O=C(Nc1ccc(O)c(-c2cc(C3CC3)n(C(=O)NC3CC3)n2)c1)c1ccno1. The molecule has 3 N–H and O–H groups in total. The number of carbonyl (C=O) groups is 2. The molecule has 0 aliphatic heterocycles. The van der Waals surface area contributed by atoms with Crippen molar-refractivity contribution < 1.29 is 19.2 Å². The Balaban J connectivity index is 1.45. The first kappa shape index (κ1) is 17.5. The summed E-state index contributed by atoms with van der Waals surface area (Å²) in [5, 5.41) is 24.0. The van der Waals surface area contributed by atoms with Crippen LogP contribution < -0.4 is 10.6 Å². The van der Waals surface area contributed by atoms with Crippen LogP contribution in [0.1, 0.15) is 47.8 Å². The summed E-state index contributed by atoms with van der Waals surface area (Å²) in [6, 6.07) is 7.95. The van der Waals surface area contributed by atoms with Crippen molar-refractivity contribution in [2.45, 2.75) is 37.6 Å². The number of carbonyl (C=O) groups excluding carboxylic acids is 2. The molecular formula is C20H19N5O4. The molecule has 0 saturated heterocycles. The summed E-state index contributed by atoms with van der Waals surface area (Å²) < 4.78 is 6.26. The van der Waals surface area contributed by atoms with E-state index in [9.17, 15) is 14.7 Å². The Bertz CT molecular complexity index is 1080. The Morgan fingerprint density at radius 2 is 1.97 bits per heavy atom.